The van der Waals surface area contributed by atoms with E-state index >= 15 is 0 Å². The largest absolute Gasteiger partial charge is 0.481 e. The molecule has 0 spiro atoms. The molecule has 1 saturated heterocycles. The van der Waals surface area contributed by atoms with E-state index in [1.807, 2.05) is 4.90 Å². The molecule has 1 aliphatic rings. The summed E-state index contributed by atoms with van der Waals surface area (Å²) in [7, 11) is 0. The molecular weight excluding hydrogens is 196 g/mol. The smallest absolute Gasteiger partial charge is 0.304 e. The molecule has 0 unspecified atom stereocenters. The van der Waals surface area contributed by atoms with Crippen LogP contribution in [-0.4, -0.2) is 59.5 Å². The number of hydrogen-bond acceptors (Lipinski definition) is 3. The van der Waals surface area contributed by atoms with E-state index in [0.717, 1.165) is 32.6 Å². The van der Waals surface area contributed by atoms with Crippen molar-refractivity contribution in [1.29, 1.82) is 0 Å². The lowest BCUT2D eigenvalue weighted by Crippen LogP contribution is -2.34. The number of aliphatic carboxylic acids is 1. The van der Waals surface area contributed by atoms with Gasteiger partial charge in [0, 0.05) is 33.1 Å². The Labute approximate surface area is 89.7 Å². The van der Waals surface area contributed by atoms with Gasteiger partial charge in [-0.25, -0.2) is 0 Å². The highest BCUT2D eigenvalue weighted by Gasteiger charge is 2.16. The second-order valence-corrected chi connectivity index (χ2v) is 3.84. The molecule has 0 aliphatic carbocycles. The Balaban J connectivity index is 2.32. The van der Waals surface area contributed by atoms with Gasteiger partial charge in [-0.05, 0) is 13.0 Å². The van der Waals surface area contributed by atoms with Crippen molar-refractivity contribution in [3.05, 3.63) is 0 Å². The highest BCUT2D eigenvalue weighted by Crippen LogP contribution is 2.03. The summed E-state index contributed by atoms with van der Waals surface area (Å²) in [6, 6.07) is 0. The summed E-state index contributed by atoms with van der Waals surface area (Å²) in [4.78, 5) is 25.5. The lowest BCUT2D eigenvalue weighted by Gasteiger charge is -2.20. The molecule has 0 aromatic carbocycles. The van der Waals surface area contributed by atoms with Crippen LogP contribution < -0.4 is 0 Å². The van der Waals surface area contributed by atoms with Crippen LogP contribution in [0.3, 0.4) is 0 Å². The summed E-state index contributed by atoms with van der Waals surface area (Å²) in [6.07, 6.45) is 1.11. The number of carboxylic acid groups (broad SMARTS) is 1. The van der Waals surface area contributed by atoms with Crippen LogP contribution in [0.25, 0.3) is 0 Å². The van der Waals surface area contributed by atoms with E-state index in [1.54, 1.807) is 6.92 Å². The zero-order valence-corrected chi connectivity index (χ0v) is 9.11. The molecule has 1 amide bonds. The molecule has 0 bridgehead atoms. The molecule has 0 radical (unpaired) electrons. The summed E-state index contributed by atoms with van der Waals surface area (Å²) in [6.45, 7) is 5.34. The van der Waals surface area contributed by atoms with Crippen molar-refractivity contribution in [2.45, 2.75) is 19.8 Å². The lowest BCUT2D eigenvalue weighted by atomic mass is 10.3. The van der Waals surface area contributed by atoms with E-state index < -0.39 is 5.97 Å². The third kappa shape index (κ3) is 4.29. The average Bonchev–Trinajstić information content (AvgIpc) is 2.39. The summed E-state index contributed by atoms with van der Waals surface area (Å²) in [5, 5.41) is 8.56. The molecule has 0 aromatic rings. The summed E-state index contributed by atoms with van der Waals surface area (Å²) < 4.78 is 0. The second kappa shape index (κ2) is 5.70. The molecule has 1 rings (SSSR count). The number of hydrogen-bond donors (Lipinski definition) is 1. The maximum atomic E-state index is 11.1. The minimum atomic E-state index is -0.761. The van der Waals surface area contributed by atoms with Gasteiger partial charge in [0.15, 0.2) is 0 Å². The molecule has 86 valence electrons. The average molecular weight is 214 g/mol. The van der Waals surface area contributed by atoms with E-state index in [-0.39, 0.29) is 12.3 Å². The minimum Gasteiger partial charge on any atom is -0.481 e. The van der Waals surface area contributed by atoms with Crippen molar-refractivity contribution in [1.82, 2.24) is 9.80 Å². The van der Waals surface area contributed by atoms with Gasteiger partial charge in [-0.15, -0.1) is 0 Å². The Morgan fingerprint density at radius 3 is 2.53 bits per heavy atom. The van der Waals surface area contributed by atoms with Crippen LogP contribution in [0.5, 0.6) is 0 Å². The number of carbonyl (C=O) groups excluding carboxylic acids is 1. The first-order chi connectivity index (χ1) is 7.09. The van der Waals surface area contributed by atoms with Crippen molar-refractivity contribution < 1.29 is 14.7 Å². The zero-order chi connectivity index (χ0) is 11.3. The van der Waals surface area contributed by atoms with Crippen LogP contribution in [0.15, 0.2) is 0 Å². The van der Waals surface area contributed by atoms with Crippen molar-refractivity contribution in [3.63, 3.8) is 0 Å². The summed E-state index contributed by atoms with van der Waals surface area (Å²) in [5.74, 6) is -0.655. The standard InChI is InChI=1S/C10H18N2O3/c1-9(13)12-5-2-4-11(7-8-12)6-3-10(14)15/h2-8H2,1H3,(H,14,15). The van der Waals surface area contributed by atoms with Crippen molar-refractivity contribution in [2.24, 2.45) is 0 Å². The molecule has 0 aromatic heterocycles. The second-order valence-electron chi connectivity index (χ2n) is 3.84. The van der Waals surface area contributed by atoms with E-state index in [2.05, 4.69) is 4.90 Å². The Kier molecular flexibility index (Phi) is 4.55. The minimum absolute atomic E-state index is 0.107. The first kappa shape index (κ1) is 12.0. The lowest BCUT2D eigenvalue weighted by molar-refractivity contribution is -0.137. The fourth-order valence-electron chi connectivity index (χ4n) is 1.76. The monoisotopic (exact) mass is 214 g/mol. The van der Waals surface area contributed by atoms with Gasteiger partial charge < -0.3 is 14.9 Å². The van der Waals surface area contributed by atoms with Gasteiger partial charge in [-0.3, -0.25) is 9.59 Å². The van der Waals surface area contributed by atoms with Gasteiger partial charge in [0.05, 0.1) is 6.42 Å². The van der Waals surface area contributed by atoms with Crippen LogP contribution >= 0.6 is 0 Å². The topological polar surface area (TPSA) is 60.9 Å². The predicted molar refractivity (Wildman–Crippen MR) is 55.6 cm³/mol. The Morgan fingerprint density at radius 1 is 1.20 bits per heavy atom. The van der Waals surface area contributed by atoms with E-state index in [0.29, 0.717) is 6.54 Å². The Morgan fingerprint density at radius 2 is 1.93 bits per heavy atom. The molecule has 0 atom stereocenters. The number of nitrogens with zero attached hydrogens (tertiary/aromatic N) is 2. The molecule has 1 N–H and O–H groups in total. The van der Waals surface area contributed by atoms with Gasteiger partial charge in [-0.1, -0.05) is 0 Å². The zero-order valence-electron chi connectivity index (χ0n) is 9.11. The van der Waals surface area contributed by atoms with Crippen LogP contribution in [0.1, 0.15) is 19.8 Å². The molecule has 5 heteroatoms. The first-order valence-electron chi connectivity index (χ1n) is 5.29. The van der Waals surface area contributed by atoms with Gasteiger partial charge >= 0.3 is 5.97 Å². The highest BCUT2D eigenvalue weighted by atomic mass is 16.4. The third-order valence-electron chi connectivity index (χ3n) is 2.68. The van der Waals surface area contributed by atoms with Crippen LogP contribution in [-0.2, 0) is 9.59 Å². The maximum Gasteiger partial charge on any atom is 0.304 e. The number of carboxylic acids is 1. The summed E-state index contributed by atoms with van der Waals surface area (Å²) >= 11 is 0. The Hall–Kier alpha value is -1.10. The van der Waals surface area contributed by atoms with Crippen LogP contribution in [0.4, 0.5) is 0 Å². The SMILES string of the molecule is CC(=O)N1CCCN(CCC(=O)O)CC1. The first-order valence-corrected chi connectivity index (χ1v) is 5.29. The highest BCUT2D eigenvalue weighted by molar-refractivity contribution is 5.73. The maximum absolute atomic E-state index is 11.1. The fraction of sp³-hybridized carbons (Fsp3) is 0.800. The van der Waals surface area contributed by atoms with Gasteiger partial charge in [-0.2, -0.15) is 0 Å². The van der Waals surface area contributed by atoms with Crippen molar-refractivity contribution in [3.8, 4) is 0 Å². The number of amides is 1. The van der Waals surface area contributed by atoms with Crippen LogP contribution in [0, 0.1) is 0 Å². The summed E-state index contributed by atoms with van der Waals surface area (Å²) in [5.41, 5.74) is 0. The van der Waals surface area contributed by atoms with Crippen molar-refractivity contribution >= 4 is 11.9 Å². The normalized spacial score (nSPS) is 18.6. The molecule has 5 nitrogen and oxygen atoms in total. The quantitative estimate of drug-likeness (QED) is 0.719. The molecule has 1 fully saturated rings. The van der Waals surface area contributed by atoms with Gasteiger partial charge in [0.1, 0.15) is 0 Å². The van der Waals surface area contributed by atoms with Crippen molar-refractivity contribution in [2.75, 3.05) is 32.7 Å². The Bertz CT molecular complexity index is 243. The molecule has 1 heterocycles. The number of rotatable bonds is 3. The predicted octanol–water partition coefficient (Wildman–Crippen LogP) is 0.0153. The van der Waals surface area contributed by atoms with E-state index in [1.165, 1.54) is 0 Å². The molecule has 0 saturated carbocycles. The van der Waals surface area contributed by atoms with Gasteiger partial charge in [0.2, 0.25) is 5.91 Å². The van der Waals surface area contributed by atoms with E-state index in [4.69, 9.17) is 5.11 Å². The van der Waals surface area contributed by atoms with Gasteiger partial charge in [0.25, 0.3) is 0 Å². The fourth-order valence-corrected chi connectivity index (χ4v) is 1.76. The molecule has 1 aliphatic heterocycles. The molecule has 15 heavy (non-hydrogen) atoms. The molecular formula is C10H18N2O3. The van der Waals surface area contributed by atoms with Crippen LogP contribution in [0.2, 0.25) is 0 Å². The third-order valence-corrected chi connectivity index (χ3v) is 2.68. The van der Waals surface area contributed by atoms with E-state index in [9.17, 15) is 9.59 Å². The number of carbonyl (C=O) groups is 2.